The van der Waals surface area contributed by atoms with Gasteiger partial charge >= 0.3 is 5.97 Å². The summed E-state index contributed by atoms with van der Waals surface area (Å²) < 4.78 is 0. The topological polar surface area (TPSA) is 211 Å². The molecule has 0 aliphatic carbocycles. The first-order valence-corrected chi connectivity index (χ1v) is 13.0. The number of carboxylic acids is 1. The zero-order valence-electron chi connectivity index (χ0n) is 22.7. The summed E-state index contributed by atoms with van der Waals surface area (Å²) in [6, 6.07) is 6.88. The molecule has 3 amide bonds. The van der Waals surface area contributed by atoms with E-state index in [4.69, 9.17) is 5.73 Å². The molecule has 218 valence electrons. The van der Waals surface area contributed by atoms with Crippen LogP contribution < -0.4 is 21.7 Å². The summed E-state index contributed by atoms with van der Waals surface area (Å²) in [5, 5.41) is 45.9. The highest BCUT2D eigenvalue weighted by Gasteiger charge is 2.32. The van der Waals surface area contributed by atoms with Crippen molar-refractivity contribution < 1.29 is 39.6 Å². The minimum absolute atomic E-state index is 0.00402. The Morgan fingerprint density at radius 2 is 1.15 bits per heavy atom. The van der Waals surface area contributed by atoms with Crippen LogP contribution >= 0.6 is 0 Å². The van der Waals surface area contributed by atoms with Crippen LogP contribution in [-0.4, -0.2) is 74.4 Å². The molecular weight excluding hydrogens is 520 g/mol. The van der Waals surface area contributed by atoms with Crippen LogP contribution in [0.1, 0.15) is 38.3 Å². The second-order valence-electron chi connectivity index (χ2n) is 9.84. The first-order chi connectivity index (χ1) is 18.8. The first kappa shape index (κ1) is 32.1. The number of phenols is 2. The molecule has 2 aromatic rings. The molecule has 0 aromatic heterocycles. The maximum atomic E-state index is 13.5. The molecule has 0 heterocycles. The van der Waals surface area contributed by atoms with E-state index in [0.29, 0.717) is 17.5 Å². The number of carbonyl (C=O) groups excluding carboxylic acids is 3. The van der Waals surface area contributed by atoms with Crippen molar-refractivity contribution in [1.29, 1.82) is 0 Å². The maximum absolute atomic E-state index is 13.5. The summed E-state index contributed by atoms with van der Waals surface area (Å²) in [6.07, 6.45) is -0.873. The van der Waals surface area contributed by atoms with Gasteiger partial charge in [-0.1, -0.05) is 44.5 Å². The van der Waals surface area contributed by atoms with E-state index < -0.39 is 54.0 Å². The second kappa shape index (κ2) is 14.8. The number of aliphatic hydroxyl groups is 1. The van der Waals surface area contributed by atoms with Crippen molar-refractivity contribution in [3.63, 3.8) is 0 Å². The van der Waals surface area contributed by atoms with Crippen LogP contribution in [0, 0.1) is 5.92 Å². The number of hydrogen-bond acceptors (Lipinski definition) is 8. The van der Waals surface area contributed by atoms with Crippen molar-refractivity contribution in [2.75, 3.05) is 0 Å². The molecule has 0 radical (unpaired) electrons. The Morgan fingerprint density at radius 1 is 0.750 bits per heavy atom. The van der Waals surface area contributed by atoms with Crippen LogP contribution in [0.15, 0.2) is 48.5 Å². The molecule has 0 spiro atoms. The van der Waals surface area contributed by atoms with E-state index in [9.17, 15) is 39.6 Å². The molecule has 2 rings (SSSR count). The van der Waals surface area contributed by atoms with Gasteiger partial charge in [-0.15, -0.1) is 0 Å². The van der Waals surface area contributed by atoms with Gasteiger partial charge in [0.15, 0.2) is 6.04 Å². The number of aliphatic carboxylic acids is 1. The van der Waals surface area contributed by atoms with Crippen LogP contribution in [0.5, 0.6) is 11.5 Å². The number of nitrogens with one attached hydrogen (secondary N) is 3. The number of nitrogens with two attached hydrogens (primary N) is 1. The Balaban J connectivity index is 2.36. The number of benzene rings is 2. The predicted octanol–water partition coefficient (Wildman–Crippen LogP) is 0.176. The number of carboxylic acid groups (broad SMARTS) is 1. The molecule has 0 bridgehead atoms. The number of rotatable bonds is 14. The third kappa shape index (κ3) is 9.54. The fourth-order valence-corrected chi connectivity index (χ4v) is 3.85. The average molecular weight is 559 g/mol. The fraction of sp³-hybridized carbons (Fsp3) is 0.429. The number of hydrogen-bond donors (Lipinski definition) is 8. The Hall–Kier alpha value is -4.16. The third-order valence-electron chi connectivity index (χ3n) is 6.62. The molecule has 12 nitrogen and oxygen atoms in total. The van der Waals surface area contributed by atoms with Crippen molar-refractivity contribution in [1.82, 2.24) is 16.0 Å². The van der Waals surface area contributed by atoms with Crippen molar-refractivity contribution in [2.24, 2.45) is 11.7 Å². The van der Waals surface area contributed by atoms with Gasteiger partial charge in [-0.05, 0) is 48.2 Å². The van der Waals surface area contributed by atoms with Gasteiger partial charge in [0.05, 0.1) is 12.1 Å². The molecule has 40 heavy (non-hydrogen) atoms. The van der Waals surface area contributed by atoms with E-state index in [1.54, 1.807) is 19.1 Å². The van der Waals surface area contributed by atoms with Crippen LogP contribution in [-0.2, 0) is 32.0 Å². The van der Waals surface area contributed by atoms with Gasteiger partial charge in [-0.2, -0.15) is 0 Å². The van der Waals surface area contributed by atoms with Crippen LogP contribution in [0.2, 0.25) is 0 Å². The molecule has 9 N–H and O–H groups in total. The maximum Gasteiger partial charge on any atom is 0.328 e. The van der Waals surface area contributed by atoms with Gasteiger partial charge in [0, 0.05) is 12.8 Å². The lowest BCUT2D eigenvalue weighted by Crippen LogP contribution is -2.59. The largest absolute Gasteiger partial charge is 0.508 e. The summed E-state index contributed by atoms with van der Waals surface area (Å²) in [4.78, 5) is 51.1. The summed E-state index contributed by atoms with van der Waals surface area (Å²) in [6.45, 7) is 4.89. The summed E-state index contributed by atoms with van der Waals surface area (Å²) in [5.74, 6) is -3.80. The fourth-order valence-electron chi connectivity index (χ4n) is 3.85. The molecular formula is C28H38N4O8. The molecule has 2 aromatic carbocycles. The third-order valence-corrected chi connectivity index (χ3v) is 6.62. The minimum Gasteiger partial charge on any atom is -0.508 e. The van der Waals surface area contributed by atoms with Crippen molar-refractivity contribution in [3.8, 4) is 11.5 Å². The number of aliphatic hydroxyl groups excluding tert-OH is 1. The lowest BCUT2D eigenvalue weighted by molar-refractivity contribution is -0.145. The van der Waals surface area contributed by atoms with E-state index in [0.717, 1.165) is 0 Å². The monoisotopic (exact) mass is 558 g/mol. The number of aromatic hydroxyl groups is 2. The summed E-state index contributed by atoms with van der Waals surface area (Å²) in [5.41, 5.74) is 7.22. The molecule has 12 heteroatoms. The van der Waals surface area contributed by atoms with Gasteiger partial charge in [-0.3, -0.25) is 14.4 Å². The van der Waals surface area contributed by atoms with E-state index >= 15 is 0 Å². The van der Waals surface area contributed by atoms with Gasteiger partial charge in [0.1, 0.15) is 23.6 Å². The van der Waals surface area contributed by atoms with Crippen molar-refractivity contribution >= 4 is 23.7 Å². The lowest BCUT2D eigenvalue weighted by Gasteiger charge is -2.27. The van der Waals surface area contributed by atoms with E-state index in [1.807, 2.05) is 6.92 Å². The molecule has 0 saturated carbocycles. The summed E-state index contributed by atoms with van der Waals surface area (Å²) in [7, 11) is 0. The molecule has 6 atom stereocenters. The number of amides is 3. The SMILES string of the molecule is CCC(C)C(N)C(=O)NC(Cc1ccc(O)cc1)C(=O)NC(Cc1ccc(O)cc1)C(=O)NC(C(=O)O)C(C)O. The van der Waals surface area contributed by atoms with E-state index in [2.05, 4.69) is 16.0 Å². The standard InChI is InChI=1S/C28H38N4O8/c1-4-15(2)23(29)27(38)31-21(13-17-5-9-19(34)10-6-17)25(36)30-22(14-18-7-11-20(35)12-8-18)26(37)32-24(16(3)33)28(39)40/h5-12,15-16,21-24,33-35H,4,13-14,29H2,1-3H3,(H,30,36)(H,31,38)(H,32,37)(H,39,40). The Labute approximate surface area is 232 Å². The molecule has 0 aliphatic rings. The molecule has 0 aliphatic heterocycles. The number of carbonyl (C=O) groups is 4. The highest BCUT2D eigenvalue weighted by atomic mass is 16.4. The summed E-state index contributed by atoms with van der Waals surface area (Å²) >= 11 is 0. The van der Waals surface area contributed by atoms with E-state index in [-0.39, 0.29) is 30.3 Å². The van der Waals surface area contributed by atoms with Crippen molar-refractivity contribution in [3.05, 3.63) is 59.7 Å². The van der Waals surface area contributed by atoms with Crippen LogP contribution in [0.3, 0.4) is 0 Å². The second-order valence-corrected chi connectivity index (χ2v) is 9.84. The van der Waals surface area contributed by atoms with Gasteiger partial charge < -0.3 is 42.1 Å². The highest BCUT2D eigenvalue weighted by Crippen LogP contribution is 2.14. The first-order valence-electron chi connectivity index (χ1n) is 13.0. The van der Waals surface area contributed by atoms with Gasteiger partial charge in [-0.25, -0.2) is 4.79 Å². The van der Waals surface area contributed by atoms with E-state index in [1.165, 1.54) is 43.3 Å². The Kier molecular flexibility index (Phi) is 11.9. The average Bonchev–Trinajstić information content (AvgIpc) is 2.91. The lowest BCUT2D eigenvalue weighted by atomic mass is 9.98. The zero-order valence-corrected chi connectivity index (χ0v) is 22.7. The Bertz CT molecular complexity index is 1150. The highest BCUT2D eigenvalue weighted by molar-refractivity contribution is 5.94. The molecule has 0 saturated heterocycles. The normalized spacial score (nSPS) is 15.5. The van der Waals surface area contributed by atoms with Crippen LogP contribution in [0.25, 0.3) is 0 Å². The zero-order chi connectivity index (χ0) is 30.0. The van der Waals surface area contributed by atoms with Crippen molar-refractivity contribution in [2.45, 2.75) is 70.3 Å². The van der Waals surface area contributed by atoms with Crippen LogP contribution in [0.4, 0.5) is 0 Å². The smallest absolute Gasteiger partial charge is 0.328 e. The minimum atomic E-state index is -1.63. The van der Waals surface area contributed by atoms with Gasteiger partial charge in [0.2, 0.25) is 17.7 Å². The quantitative estimate of drug-likeness (QED) is 0.159. The predicted molar refractivity (Wildman–Crippen MR) is 146 cm³/mol. The molecule has 0 fully saturated rings. The molecule has 6 unspecified atom stereocenters. The number of phenolic OH excluding ortho intramolecular Hbond substituents is 2. The van der Waals surface area contributed by atoms with Gasteiger partial charge in [0.25, 0.3) is 0 Å². The Morgan fingerprint density at radius 3 is 1.52 bits per heavy atom.